The maximum Gasteiger partial charge on any atom is 0.0686 e. The molecule has 2 nitrogen and oxygen atoms in total. The van der Waals surface area contributed by atoms with Crippen LogP contribution >= 0.6 is 0 Å². The maximum atomic E-state index is 4.70. The predicted molar refractivity (Wildman–Crippen MR) is 58.4 cm³/mol. The number of rotatable bonds is 2. The molecule has 0 bridgehead atoms. The Bertz CT molecular complexity index is 313. The van der Waals surface area contributed by atoms with E-state index in [1.165, 1.54) is 24.2 Å². The SMILES string of the molecule is CC(C)C(C)(C)c1cc2n(n1)CCC2. The van der Waals surface area contributed by atoms with Crippen LogP contribution in [-0.4, -0.2) is 9.78 Å². The van der Waals surface area contributed by atoms with Crippen LogP contribution in [0.2, 0.25) is 0 Å². The number of hydrogen-bond donors (Lipinski definition) is 0. The summed E-state index contributed by atoms with van der Waals surface area (Å²) in [7, 11) is 0. The van der Waals surface area contributed by atoms with Gasteiger partial charge in [-0.1, -0.05) is 27.7 Å². The van der Waals surface area contributed by atoms with Gasteiger partial charge in [-0.3, -0.25) is 4.68 Å². The molecule has 2 heterocycles. The van der Waals surface area contributed by atoms with Crippen molar-refractivity contribution in [2.24, 2.45) is 5.92 Å². The summed E-state index contributed by atoms with van der Waals surface area (Å²) in [5, 5.41) is 4.70. The summed E-state index contributed by atoms with van der Waals surface area (Å²) >= 11 is 0. The highest BCUT2D eigenvalue weighted by molar-refractivity contribution is 5.20. The molecule has 1 aliphatic heterocycles. The third-order valence-corrected chi connectivity index (χ3v) is 3.77. The lowest BCUT2D eigenvalue weighted by atomic mass is 9.78. The predicted octanol–water partition coefficient (Wildman–Crippen LogP) is 2.76. The maximum absolute atomic E-state index is 4.70. The Hall–Kier alpha value is -0.790. The first-order valence-electron chi connectivity index (χ1n) is 5.59. The van der Waals surface area contributed by atoms with Crippen LogP contribution in [0.15, 0.2) is 6.07 Å². The van der Waals surface area contributed by atoms with Crippen LogP contribution < -0.4 is 0 Å². The van der Waals surface area contributed by atoms with Gasteiger partial charge < -0.3 is 0 Å². The Balaban J connectivity index is 2.33. The molecular weight excluding hydrogens is 172 g/mol. The highest BCUT2D eigenvalue weighted by Gasteiger charge is 2.29. The molecule has 0 saturated carbocycles. The molecule has 0 atom stereocenters. The first kappa shape index (κ1) is 9.75. The lowest BCUT2D eigenvalue weighted by Crippen LogP contribution is -2.25. The van der Waals surface area contributed by atoms with Gasteiger partial charge in [0.2, 0.25) is 0 Å². The molecule has 1 aliphatic rings. The Morgan fingerprint density at radius 2 is 2.14 bits per heavy atom. The summed E-state index contributed by atoms with van der Waals surface area (Å²) in [6.45, 7) is 10.2. The second-order valence-corrected chi connectivity index (χ2v) is 5.22. The molecule has 14 heavy (non-hydrogen) atoms. The zero-order chi connectivity index (χ0) is 10.3. The minimum absolute atomic E-state index is 0.206. The third kappa shape index (κ3) is 1.37. The van der Waals surface area contributed by atoms with E-state index in [1.54, 1.807) is 0 Å². The molecule has 0 unspecified atom stereocenters. The van der Waals surface area contributed by atoms with Gasteiger partial charge in [-0.2, -0.15) is 5.10 Å². The van der Waals surface area contributed by atoms with Gasteiger partial charge in [-0.25, -0.2) is 0 Å². The van der Waals surface area contributed by atoms with Gasteiger partial charge in [0.1, 0.15) is 0 Å². The quantitative estimate of drug-likeness (QED) is 0.704. The fourth-order valence-corrected chi connectivity index (χ4v) is 1.87. The van der Waals surface area contributed by atoms with Crippen molar-refractivity contribution in [3.8, 4) is 0 Å². The van der Waals surface area contributed by atoms with Gasteiger partial charge in [-0.15, -0.1) is 0 Å². The first-order valence-corrected chi connectivity index (χ1v) is 5.59. The minimum atomic E-state index is 0.206. The van der Waals surface area contributed by atoms with Crippen molar-refractivity contribution in [3.63, 3.8) is 0 Å². The van der Waals surface area contributed by atoms with E-state index in [-0.39, 0.29) is 5.41 Å². The van der Waals surface area contributed by atoms with E-state index >= 15 is 0 Å². The number of fused-ring (bicyclic) bond motifs is 1. The molecule has 0 amide bonds. The van der Waals surface area contributed by atoms with E-state index in [1.807, 2.05) is 0 Å². The van der Waals surface area contributed by atoms with Gasteiger partial charge in [-0.05, 0) is 24.8 Å². The largest absolute Gasteiger partial charge is 0.269 e. The van der Waals surface area contributed by atoms with Gasteiger partial charge in [0, 0.05) is 17.7 Å². The van der Waals surface area contributed by atoms with Gasteiger partial charge in [0.15, 0.2) is 0 Å². The summed E-state index contributed by atoms with van der Waals surface area (Å²) in [5.41, 5.74) is 2.90. The molecule has 78 valence electrons. The number of nitrogens with zero attached hydrogens (tertiary/aromatic N) is 2. The third-order valence-electron chi connectivity index (χ3n) is 3.77. The highest BCUT2D eigenvalue weighted by atomic mass is 15.3. The van der Waals surface area contributed by atoms with E-state index in [0.717, 1.165) is 6.54 Å². The van der Waals surface area contributed by atoms with E-state index in [0.29, 0.717) is 5.92 Å². The van der Waals surface area contributed by atoms with E-state index in [2.05, 4.69) is 38.4 Å². The van der Waals surface area contributed by atoms with Gasteiger partial charge in [0.25, 0.3) is 0 Å². The van der Waals surface area contributed by atoms with E-state index in [9.17, 15) is 0 Å². The smallest absolute Gasteiger partial charge is 0.0686 e. The molecule has 0 aromatic carbocycles. The van der Waals surface area contributed by atoms with Crippen molar-refractivity contribution in [2.75, 3.05) is 0 Å². The molecule has 0 radical (unpaired) electrons. The van der Waals surface area contributed by atoms with Crippen LogP contribution in [0, 0.1) is 5.92 Å². The average Bonchev–Trinajstić information content (AvgIpc) is 2.60. The molecule has 0 N–H and O–H groups in total. The van der Waals surface area contributed by atoms with Gasteiger partial charge >= 0.3 is 0 Å². The standard InChI is InChI=1S/C12H20N2/c1-9(2)12(3,4)11-8-10-6-5-7-14(10)13-11/h8-9H,5-7H2,1-4H3. The molecule has 0 saturated heterocycles. The number of hydrogen-bond acceptors (Lipinski definition) is 1. The zero-order valence-corrected chi connectivity index (χ0v) is 9.67. The number of aromatic nitrogens is 2. The van der Waals surface area contributed by atoms with Crippen molar-refractivity contribution in [1.82, 2.24) is 9.78 Å². The van der Waals surface area contributed by atoms with Crippen LogP contribution in [0.5, 0.6) is 0 Å². The molecule has 2 heteroatoms. The average molecular weight is 192 g/mol. The van der Waals surface area contributed by atoms with Crippen LogP contribution in [0.3, 0.4) is 0 Å². The van der Waals surface area contributed by atoms with Crippen molar-refractivity contribution in [3.05, 3.63) is 17.5 Å². The van der Waals surface area contributed by atoms with Crippen LogP contribution in [-0.2, 0) is 18.4 Å². The molecule has 1 aromatic rings. The van der Waals surface area contributed by atoms with Crippen molar-refractivity contribution in [2.45, 2.75) is 52.5 Å². The molecule has 0 aliphatic carbocycles. The van der Waals surface area contributed by atoms with Crippen LogP contribution in [0.25, 0.3) is 0 Å². The summed E-state index contributed by atoms with van der Waals surface area (Å²) in [6.07, 6.45) is 2.48. The lowest BCUT2D eigenvalue weighted by Gasteiger charge is -2.27. The fourth-order valence-electron chi connectivity index (χ4n) is 1.87. The van der Waals surface area contributed by atoms with Crippen molar-refractivity contribution >= 4 is 0 Å². The second-order valence-electron chi connectivity index (χ2n) is 5.22. The van der Waals surface area contributed by atoms with Crippen LogP contribution in [0.4, 0.5) is 0 Å². The molecule has 1 aromatic heterocycles. The Kier molecular flexibility index (Phi) is 2.17. The minimum Gasteiger partial charge on any atom is -0.269 e. The molecule has 2 rings (SSSR count). The number of aryl methyl sites for hydroxylation is 2. The van der Waals surface area contributed by atoms with Crippen LogP contribution in [0.1, 0.15) is 45.5 Å². The summed E-state index contributed by atoms with van der Waals surface area (Å²) < 4.78 is 2.18. The topological polar surface area (TPSA) is 17.8 Å². The molecule has 0 fully saturated rings. The second kappa shape index (κ2) is 3.11. The Morgan fingerprint density at radius 1 is 1.43 bits per heavy atom. The molecular formula is C12H20N2. The van der Waals surface area contributed by atoms with Gasteiger partial charge in [0.05, 0.1) is 5.69 Å². The summed E-state index contributed by atoms with van der Waals surface area (Å²) in [6, 6.07) is 2.30. The Labute approximate surface area is 86.3 Å². The summed E-state index contributed by atoms with van der Waals surface area (Å²) in [5.74, 6) is 0.637. The normalized spacial score (nSPS) is 16.4. The van der Waals surface area contributed by atoms with E-state index < -0.39 is 0 Å². The van der Waals surface area contributed by atoms with Crippen molar-refractivity contribution < 1.29 is 0 Å². The Morgan fingerprint density at radius 3 is 2.71 bits per heavy atom. The van der Waals surface area contributed by atoms with E-state index in [4.69, 9.17) is 5.10 Å². The van der Waals surface area contributed by atoms with Crippen molar-refractivity contribution in [1.29, 1.82) is 0 Å². The highest BCUT2D eigenvalue weighted by Crippen LogP contribution is 2.31. The fraction of sp³-hybridized carbons (Fsp3) is 0.750. The summed E-state index contributed by atoms with van der Waals surface area (Å²) in [4.78, 5) is 0. The monoisotopic (exact) mass is 192 g/mol. The molecule has 0 spiro atoms. The lowest BCUT2D eigenvalue weighted by molar-refractivity contribution is 0.358. The zero-order valence-electron chi connectivity index (χ0n) is 9.67. The first-order chi connectivity index (χ1) is 6.51.